The molecule has 2 fully saturated rings. The number of carbonyl (C=O) groups excluding carboxylic acids is 1. The molecule has 5 nitrogen and oxygen atoms in total. The van der Waals surface area contributed by atoms with Crippen molar-refractivity contribution in [2.45, 2.75) is 63.9 Å². The van der Waals surface area contributed by atoms with Gasteiger partial charge in [-0.15, -0.1) is 0 Å². The second-order valence-electron chi connectivity index (χ2n) is 6.92. The van der Waals surface area contributed by atoms with Gasteiger partial charge in [0.2, 0.25) is 0 Å². The highest BCUT2D eigenvalue weighted by Gasteiger charge is 2.42. The monoisotopic (exact) mass is 333 g/mol. The van der Waals surface area contributed by atoms with Crippen molar-refractivity contribution >= 4 is 5.91 Å². The van der Waals surface area contributed by atoms with Gasteiger partial charge >= 0.3 is 0 Å². The summed E-state index contributed by atoms with van der Waals surface area (Å²) >= 11 is 0. The minimum absolute atomic E-state index is 0.0596. The fourth-order valence-corrected chi connectivity index (χ4v) is 3.34. The second-order valence-corrected chi connectivity index (χ2v) is 6.92. The van der Waals surface area contributed by atoms with Gasteiger partial charge < -0.3 is 19.5 Å². The van der Waals surface area contributed by atoms with E-state index in [1.807, 2.05) is 26.0 Å². The van der Waals surface area contributed by atoms with Gasteiger partial charge in [0.15, 0.2) is 5.79 Å². The van der Waals surface area contributed by atoms with Gasteiger partial charge in [-0.25, -0.2) is 0 Å². The Morgan fingerprint density at radius 2 is 1.96 bits per heavy atom. The minimum Gasteiger partial charge on any atom is -0.491 e. The molecule has 1 aliphatic carbocycles. The van der Waals surface area contributed by atoms with Gasteiger partial charge in [-0.1, -0.05) is 6.42 Å². The number of hydrogen-bond acceptors (Lipinski definition) is 4. The first-order valence-electron chi connectivity index (χ1n) is 8.93. The molecular formula is C19H27NO4. The summed E-state index contributed by atoms with van der Waals surface area (Å²) in [5, 5.41) is 2.94. The maximum absolute atomic E-state index is 12.3. The largest absolute Gasteiger partial charge is 0.491 e. The molecule has 0 unspecified atom stereocenters. The number of amides is 1. The summed E-state index contributed by atoms with van der Waals surface area (Å²) in [4.78, 5) is 12.3. The second kappa shape index (κ2) is 7.53. The van der Waals surface area contributed by atoms with Crippen LogP contribution < -0.4 is 10.1 Å². The molecule has 1 aliphatic heterocycles. The van der Waals surface area contributed by atoms with Crippen LogP contribution in [0.4, 0.5) is 0 Å². The summed E-state index contributed by atoms with van der Waals surface area (Å²) < 4.78 is 17.6. The molecule has 1 amide bonds. The van der Waals surface area contributed by atoms with E-state index in [1.165, 1.54) is 6.42 Å². The van der Waals surface area contributed by atoms with Crippen LogP contribution in [0, 0.1) is 0 Å². The lowest BCUT2D eigenvalue weighted by Crippen LogP contribution is -2.37. The lowest BCUT2D eigenvalue weighted by molar-refractivity contribution is -0.186. The van der Waals surface area contributed by atoms with E-state index in [2.05, 4.69) is 5.32 Å². The maximum Gasteiger partial charge on any atom is 0.251 e. The highest BCUT2D eigenvalue weighted by Crippen LogP contribution is 2.37. The Labute approximate surface area is 143 Å². The average Bonchev–Trinajstić information content (AvgIpc) is 2.96. The van der Waals surface area contributed by atoms with Gasteiger partial charge in [0.1, 0.15) is 11.9 Å². The van der Waals surface area contributed by atoms with Crippen molar-refractivity contribution in [3.05, 3.63) is 29.8 Å². The number of ether oxygens (including phenoxy) is 3. The number of benzene rings is 1. The van der Waals surface area contributed by atoms with E-state index in [9.17, 15) is 4.79 Å². The van der Waals surface area contributed by atoms with Crippen LogP contribution in [0.1, 0.15) is 56.3 Å². The molecule has 1 heterocycles. The summed E-state index contributed by atoms with van der Waals surface area (Å²) in [6.07, 6.45) is 5.57. The summed E-state index contributed by atoms with van der Waals surface area (Å²) in [5.41, 5.74) is 0.623. The molecule has 1 spiro atoms. The van der Waals surface area contributed by atoms with Crippen LogP contribution in [0.15, 0.2) is 24.3 Å². The molecule has 1 aromatic rings. The fraction of sp³-hybridized carbons (Fsp3) is 0.632. The van der Waals surface area contributed by atoms with E-state index in [0.29, 0.717) is 18.7 Å². The molecule has 3 rings (SSSR count). The fourth-order valence-electron chi connectivity index (χ4n) is 3.34. The Morgan fingerprint density at radius 3 is 2.62 bits per heavy atom. The lowest BCUT2D eigenvalue weighted by Gasteiger charge is -2.31. The van der Waals surface area contributed by atoms with Crippen LogP contribution in [0.2, 0.25) is 0 Å². The standard InChI is InChI=1S/C19H27NO4/c1-14(2)23-16-8-6-15(7-9-16)18(21)20-12-17-13-22-19(24-17)10-4-3-5-11-19/h6-9,14,17H,3-5,10-13H2,1-2H3,(H,20,21)/t17-/m1/s1. The van der Waals surface area contributed by atoms with Crippen LogP contribution in [0.5, 0.6) is 5.75 Å². The van der Waals surface area contributed by atoms with Crippen molar-refractivity contribution in [2.75, 3.05) is 13.2 Å². The molecular weight excluding hydrogens is 306 g/mol. The Balaban J connectivity index is 1.47. The van der Waals surface area contributed by atoms with E-state index in [-0.39, 0.29) is 23.9 Å². The smallest absolute Gasteiger partial charge is 0.251 e. The summed E-state index contributed by atoms with van der Waals surface area (Å²) in [6, 6.07) is 7.20. The Bertz CT molecular complexity index is 549. The van der Waals surface area contributed by atoms with E-state index >= 15 is 0 Å². The van der Waals surface area contributed by atoms with E-state index in [0.717, 1.165) is 31.4 Å². The highest BCUT2D eigenvalue weighted by molar-refractivity contribution is 5.94. The van der Waals surface area contributed by atoms with Crippen molar-refractivity contribution in [2.24, 2.45) is 0 Å². The van der Waals surface area contributed by atoms with Gasteiger partial charge in [-0.3, -0.25) is 4.79 Å². The van der Waals surface area contributed by atoms with Crippen molar-refractivity contribution in [1.82, 2.24) is 5.32 Å². The molecule has 1 saturated carbocycles. The van der Waals surface area contributed by atoms with Gasteiger partial charge in [-0.05, 0) is 51.0 Å². The number of hydrogen-bond donors (Lipinski definition) is 1. The van der Waals surface area contributed by atoms with Crippen molar-refractivity contribution in [1.29, 1.82) is 0 Å². The molecule has 2 aliphatic rings. The van der Waals surface area contributed by atoms with Gasteiger partial charge in [0.05, 0.1) is 12.7 Å². The molecule has 0 bridgehead atoms. The third-order valence-electron chi connectivity index (χ3n) is 4.51. The summed E-state index contributed by atoms with van der Waals surface area (Å²) in [5.74, 6) is 0.288. The highest BCUT2D eigenvalue weighted by atomic mass is 16.7. The van der Waals surface area contributed by atoms with Crippen LogP contribution in [-0.2, 0) is 9.47 Å². The minimum atomic E-state index is -0.385. The molecule has 1 aromatic carbocycles. The average molecular weight is 333 g/mol. The first-order valence-corrected chi connectivity index (χ1v) is 8.93. The van der Waals surface area contributed by atoms with Gasteiger partial charge in [0.25, 0.3) is 5.91 Å². The van der Waals surface area contributed by atoms with Crippen LogP contribution in [-0.4, -0.2) is 37.1 Å². The van der Waals surface area contributed by atoms with Crippen LogP contribution in [0.3, 0.4) is 0 Å². The predicted octanol–water partition coefficient (Wildman–Crippen LogP) is 3.28. The van der Waals surface area contributed by atoms with Crippen LogP contribution in [0.25, 0.3) is 0 Å². The normalized spacial score (nSPS) is 22.7. The predicted molar refractivity (Wildman–Crippen MR) is 91.2 cm³/mol. The summed E-state index contributed by atoms with van der Waals surface area (Å²) in [7, 11) is 0. The first-order chi connectivity index (χ1) is 11.6. The molecule has 0 radical (unpaired) electrons. The molecule has 0 aromatic heterocycles. The van der Waals surface area contributed by atoms with Crippen molar-refractivity contribution in [3.63, 3.8) is 0 Å². The number of carbonyl (C=O) groups is 1. The maximum atomic E-state index is 12.3. The molecule has 5 heteroatoms. The van der Waals surface area contributed by atoms with E-state index < -0.39 is 0 Å². The Hall–Kier alpha value is -1.59. The van der Waals surface area contributed by atoms with Crippen molar-refractivity contribution in [3.8, 4) is 5.75 Å². The van der Waals surface area contributed by atoms with Crippen molar-refractivity contribution < 1.29 is 19.0 Å². The zero-order valence-corrected chi connectivity index (χ0v) is 14.5. The molecule has 1 atom stereocenters. The topological polar surface area (TPSA) is 56.8 Å². The zero-order chi connectivity index (χ0) is 17.0. The Morgan fingerprint density at radius 1 is 1.25 bits per heavy atom. The zero-order valence-electron chi connectivity index (χ0n) is 14.5. The Kier molecular flexibility index (Phi) is 5.41. The quantitative estimate of drug-likeness (QED) is 0.898. The lowest BCUT2D eigenvalue weighted by atomic mass is 9.94. The number of rotatable bonds is 5. The van der Waals surface area contributed by atoms with Crippen LogP contribution >= 0.6 is 0 Å². The van der Waals surface area contributed by atoms with E-state index in [4.69, 9.17) is 14.2 Å². The molecule has 1 saturated heterocycles. The molecule has 1 N–H and O–H groups in total. The first kappa shape index (κ1) is 17.2. The van der Waals surface area contributed by atoms with Gasteiger partial charge in [-0.2, -0.15) is 0 Å². The SMILES string of the molecule is CC(C)Oc1ccc(C(=O)NC[C@@H]2COC3(CCCCC3)O2)cc1. The summed E-state index contributed by atoms with van der Waals surface area (Å²) in [6.45, 7) is 4.99. The third-order valence-corrected chi connectivity index (χ3v) is 4.51. The van der Waals surface area contributed by atoms with Gasteiger partial charge in [0, 0.05) is 24.9 Å². The molecule has 132 valence electrons. The van der Waals surface area contributed by atoms with E-state index in [1.54, 1.807) is 12.1 Å². The number of nitrogens with one attached hydrogen (secondary N) is 1. The molecule has 24 heavy (non-hydrogen) atoms. The third kappa shape index (κ3) is 4.28.